The van der Waals surface area contributed by atoms with Crippen LogP contribution in [-0.4, -0.2) is 51.1 Å². The molecular formula is C27H28N4O7. The second-order valence-electron chi connectivity index (χ2n) is 7.81. The first kappa shape index (κ1) is 27.6. The number of methoxy groups -OCH3 is 1. The molecule has 38 heavy (non-hydrogen) atoms. The summed E-state index contributed by atoms with van der Waals surface area (Å²) in [7, 11) is 1.43. The second-order valence-corrected chi connectivity index (χ2v) is 7.81. The number of carbonyl (C=O) groups is 3. The molecule has 1 atom stereocenters. The molecule has 2 aromatic rings. The minimum Gasteiger partial charge on any atom is -0.493 e. The van der Waals surface area contributed by atoms with Gasteiger partial charge in [0.2, 0.25) is 0 Å². The van der Waals surface area contributed by atoms with Crippen LogP contribution in [0.5, 0.6) is 17.2 Å². The van der Waals surface area contributed by atoms with E-state index >= 15 is 0 Å². The van der Waals surface area contributed by atoms with Gasteiger partial charge in [0.05, 0.1) is 31.5 Å². The lowest BCUT2D eigenvalue weighted by Crippen LogP contribution is -2.45. The first-order valence-electron chi connectivity index (χ1n) is 11.6. The Bertz CT molecular complexity index is 1300. The Balaban J connectivity index is 1.67. The van der Waals surface area contributed by atoms with E-state index < -0.39 is 23.9 Å². The Morgan fingerprint density at radius 1 is 1.16 bits per heavy atom. The molecule has 0 aromatic heterocycles. The maximum absolute atomic E-state index is 12.5. The van der Waals surface area contributed by atoms with Gasteiger partial charge in [-0.1, -0.05) is 24.1 Å². The van der Waals surface area contributed by atoms with E-state index in [4.69, 9.17) is 25.4 Å². The highest BCUT2D eigenvalue weighted by Gasteiger charge is 2.32. The predicted molar refractivity (Wildman–Crippen MR) is 139 cm³/mol. The predicted octanol–water partition coefficient (Wildman–Crippen LogP) is 2.43. The molecule has 0 bridgehead atoms. The van der Waals surface area contributed by atoms with E-state index in [1.165, 1.54) is 13.3 Å². The molecule has 3 N–H and O–H groups in total. The molecule has 1 heterocycles. The van der Waals surface area contributed by atoms with Crippen molar-refractivity contribution in [2.75, 3.05) is 26.9 Å². The molecule has 198 valence electrons. The molecule has 0 saturated carbocycles. The molecule has 0 fully saturated rings. The highest BCUT2D eigenvalue weighted by Crippen LogP contribution is 2.34. The van der Waals surface area contributed by atoms with Crippen molar-refractivity contribution in [3.8, 4) is 29.6 Å². The number of amides is 3. The first-order valence-corrected chi connectivity index (χ1v) is 11.6. The van der Waals surface area contributed by atoms with E-state index in [2.05, 4.69) is 27.1 Å². The third-order valence-corrected chi connectivity index (χ3v) is 5.27. The summed E-state index contributed by atoms with van der Waals surface area (Å²) in [5, 5.41) is 9.24. The summed E-state index contributed by atoms with van der Waals surface area (Å²) in [4.78, 5) is 36.9. The lowest BCUT2D eigenvalue weighted by atomic mass is 9.95. The number of carbonyl (C=O) groups excluding carboxylic acids is 3. The van der Waals surface area contributed by atoms with Crippen molar-refractivity contribution in [3.63, 3.8) is 0 Å². The Morgan fingerprint density at radius 2 is 1.95 bits per heavy atom. The highest BCUT2D eigenvalue weighted by atomic mass is 16.5. The maximum Gasteiger partial charge on any atom is 0.338 e. The number of allylic oxidation sites excluding steroid dienone is 1. The number of urea groups is 1. The Kier molecular flexibility index (Phi) is 9.71. The van der Waals surface area contributed by atoms with Gasteiger partial charge in [0, 0.05) is 11.3 Å². The van der Waals surface area contributed by atoms with Crippen molar-refractivity contribution in [2.24, 2.45) is 5.10 Å². The van der Waals surface area contributed by atoms with E-state index in [9.17, 15) is 14.4 Å². The highest BCUT2D eigenvalue weighted by molar-refractivity contribution is 5.95. The molecule has 0 radical (unpaired) electrons. The summed E-state index contributed by atoms with van der Waals surface area (Å²) in [5.41, 5.74) is 4.24. The molecule has 11 nitrogen and oxygen atoms in total. The summed E-state index contributed by atoms with van der Waals surface area (Å²) in [5.74, 6) is 2.44. The number of terminal acetylenes is 1. The van der Waals surface area contributed by atoms with E-state index in [0.717, 1.165) is 0 Å². The van der Waals surface area contributed by atoms with Crippen molar-refractivity contribution >= 4 is 24.1 Å². The standard InChI is InChI=1S/C27H28N4O7/c1-5-13-37-20-10-8-7-9-19(20)15-28-31-23(32)16-38-21-12-11-18(14-22(21)35-4)25-24(26(33)36-6-2)17(3)29-27(34)30-25/h1,7-12,14-15,25H,6,13,16H2,2-4H3,(H,31,32)(H2,29,30,34)/b28-15+/t25-/m1/s1. The largest absolute Gasteiger partial charge is 0.493 e. The summed E-state index contributed by atoms with van der Waals surface area (Å²) in [6, 6.07) is 10.7. The fraction of sp³-hybridized carbons (Fsp3) is 0.259. The van der Waals surface area contributed by atoms with E-state index in [1.54, 1.807) is 56.3 Å². The average Bonchev–Trinajstić information content (AvgIpc) is 2.90. The molecule has 3 amide bonds. The van der Waals surface area contributed by atoms with Crippen LogP contribution in [0.3, 0.4) is 0 Å². The van der Waals surface area contributed by atoms with Crippen LogP contribution in [-0.2, 0) is 14.3 Å². The third-order valence-electron chi connectivity index (χ3n) is 5.27. The first-order chi connectivity index (χ1) is 18.4. The monoisotopic (exact) mass is 520 g/mol. The molecule has 1 aliphatic rings. The molecule has 1 aliphatic heterocycles. The number of hydrogen-bond acceptors (Lipinski definition) is 8. The van der Waals surface area contributed by atoms with Gasteiger partial charge in [0.15, 0.2) is 18.1 Å². The van der Waals surface area contributed by atoms with Crippen LogP contribution in [0.25, 0.3) is 0 Å². The lowest BCUT2D eigenvalue weighted by molar-refractivity contribution is -0.139. The average molecular weight is 521 g/mol. The second kappa shape index (κ2) is 13.4. The number of para-hydroxylation sites is 1. The number of benzene rings is 2. The van der Waals surface area contributed by atoms with Gasteiger partial charge in [-0.15, -0.1) is 6.42 Å². The van der Waals surface area contributed by atoms with Crippen molar-refractivity contribution in [1.29, 1.82) is 0 Å². The van der Waals surface area contributed by atoms with Gasteiger partial charge in [-0.2, -0.15) is 5.10 Å². The molecule has 11 heteroatoms. The molecule has 0 spiro atoms. The zero-order chi connectivity index (χ0) is 27.5. The number of nitrogens with one attached hydrogen (secondary N) is 3. The van der Waals surface area contributed by atoms with Crippen molar-refractivity contribution in [3.05, 3.63) is 64.9 Å². The third kappa shape index (κ3) is 7.04. The molecule has 2 aromatic carbocycles. The SMILES string of the molecule is C#CCOc1ccccc1/C=N/NC(=O)COc1ccc([C@H]2NC(=O)NC(C)=C2C(=O)OCC)cc1OC. The normalized spacial score (nSPS) is 14.7. The Hall–Kier alpha value is -4.98. The number of rotatable bonds is 11. The Labute approximate surface area is 220 Å². The van der Waals surface area contributed by atoms with Crippen LogP contribution in [0, 0.1) is 12.3 Å². The minimum atomic E-state index is -0.768. The van der Waals surface area contributed by atoms with Gasteiger partial charge < -0.3 is 29.6 Å². The fourth-order valence-corrected chi connectivity index (χ4v) is 3.59. The van der Waals surface area contributed by atoms with Gasteiger partial charge in [-0.3, -0.25) is 4.79 Å². The summed E-state index contributed by atoms with van der Waals surface area (Å²) in [6.07, 6.45) is 6.66. The smallest absolute Gasteiger partial charge is 0.338 e. The molecular weight excluding hydrogens is 492 g/mol. The van der Waals surface area contributed by atoms with Gasteiger partial charge in [0.1, 0.15) is 12.4 Å². The van der Waals surface area contributed by atoms with Crippen LogP contribution in [0.4, 0.5) is 4.79 Å². The van der Waals surface area contributed by atoms with Crippen LogP contribution in [0.2, 0.25) is 0 Å². The number of esters is 1. The molecule has 0 saturated heterocycles. The van der Waals surface area contributed by atoms with E-state index in [-0.39, 0.29) is 31.1 Å². The van der Waals surface area contributed by atoms with Crippen molar-refractivity contribution in [2.45, 2.75) is 19.9 Å². The summed E-state index contributed by atoms with van der Waals surface area (Å²) >= 11 is 0. The maximum atomic E-state index is 12.5. The van der Waals surface area contributed by atoms with Gasteiger partial charge in [-0.05, 0) is 43.7 Å². The quantitative estimate of drug-likeness (QED) is 0.179. The topological polar surface area (TPSA) is 137 Å². The summed E-state index contributed by atoms with van der Waals surface area (Å²) < 4.78 is 21.6. The number of nitrogens with zero attached hydrogens (tertiary/aromatic N) is 1. The van der Waals surface area contributed by atoms with Crippen molar-refractivity contribution in [1.82, 2.24) is 16.1 Å². The van der Waals surface area contributed by atoms with Crippen LogP contribution in [0.15, 0.2) is 58.8 Å². The van der Waals surface area contributed by atoms with Crippen LogP contribution in [0.1, 0.15) is 31.0 Å². The molecule has 0 aliphatic carbocycles. The number of hydrazone groups is 1. The number of hydrogen-bond donors (Lipinski definition) is 3. The van der Waals surface area contributed by atoms with Crippen LogP contribution < -0.4 is 30.3 Å². The lowest BCUT2D eigenvalue weighted by Gasteiger charge is -2.28. The zero-order valence-corrected chi connectivity index (χ0v) is 21.2. The van der Waals surface area contributed by atoms with E-state index in [0.29, 0.717) is 28.3 Å². The van der Waals surface area contributed by atoms with Gasteiger partial charge >= 0.3 is 12.0 Å². The molecule has 3 rings (SSSR count). The molecule has 0 unspecified atom stereocenters. The van der Waals surface area contributed by atoms with Crippen LogP contribution >= 0.6 is 0 Å². The van der Waals surface area contributed by atoms with Gasteiger partial charge in [0.25, 0.3) is 5.91 Å². The van der Waals surface area contributed by atoms with Gasteiger partial charge in [-0.25, -0.2) is 15.0 Å². The van der Waals surface area contributed by atoms with E-state index in [1.807, 2.05) is 0 Å². The Morgan fingerprint density at radius 3 is 2.68 bits per heavy atom. The minimum absolute atomic E-state index is 0.107. The fourth-order valence-electron chi connectivity index (χ4n) is 3.59. The zero-order valence-electron chi connectivity index (χ0n) is 21.2. The summed E-state index contributed by atoms with van der Waals surface area (Å²) in [6.45, 7) is 3.26. The number of ether oxygens (including phenoxy) is 4. The van der Waals surface area contributed by atoms with Crippen molar-refractivity contribution < 1.29 is 33.3 Å².